The Morgan fingerprint density at radius 1 is 1.52 bits per heavy atom. The van der Waals surface area contributed by atoms with Crippen LogP contribution in [0.2, 0.25) is 0 Å². The zero-order valence-corrected chi connectivity index (χ0v) is 12.8. The minimum atomic E-state index is -0.0954. The molecule has 1 saturated heterocycles. The van der Waals surface area contributed by atoms with Gasteiger partial charge in [-0.3, -0.25) is 4.84 Å². The maximum absolute atomic E-state index is 12.1. The summed E-state index contributed by atoms with van der Waals surface area (Å²) in [7, 11) is 0. The maximum Gasteiger partial charge on any atom is 0.345 e. The van der Waals surface area contributed by atoms with Gasteiger partial charge in [-0.2, -0.15) is 10.2 Å². The fraction of sp³-hybridized carbons (Fsp3) is 0.467. The molecule has 0 N–H and O–H groups in total. The fourth-order valence-corrected chi connectivity index (χ4v) is 2.39. The van der Waals surface area contributed by atoms with Crippen LogP contribution in [0.1, 0.15) is 19.5 Å². The summed E-state index contributed by atoms with van der Waals surface area (Å²) in [5.41, 5.74) is 1.96. The molecule has 2 aliphatic rings. The molecule has 1 atom stereocenters. The van der Waals surface area contributed by atoms with Crippen LogP contribution in [0.4, 0.5) is 4.79 Å². The summed E-state index contributed by atoms with van der Waals surface area (Å²) in [5.74, 6) is 0. The second-order valence-corrected chi connectivity index (χ2v) is 4.70. The van der Waals surface area contributed by atoms with E-state index < -0.39 is 0 Å². The average Bonchev–Trinajstić information content (AvgIpc) is 3.03. The number of nitrogens with zero attached hydrogens (tertiary/aromatic N) is 4. The van der Waals surface area contributed by atoms with Gasteiger partial charge in [0.1, 0.15) is 0 Å². The number of fused-ring (bicyclic) bond motifs is 2. The summed E-state index contributed by atoms with van der Waals surface area (Å²) in [5, 5.41) is 5.80. The molecule has 2 bridgehead atoms. The predicted octanol–water partition coefficient (Wildman–Crippen LogP) is 2.30. The van der Waals surface area contributed by atoms with Crippen LogP contribution in [-0.4, -0.2) is 51.5 Å². The van der Waals surface area contributed by atoms with Gasteiger partial charge in [0.25, 0.3) is 0 Å². The molecule has 1 aromatic heterocycles. The quantitative estimate of drug-likeness (QED) is 0.799. The molecule has 3 rings (SSSR count). The van der Waals surface area contributed by atoms with Crippen molar-refractivity contribution < 1.29 is 9.63 Å². The highest BCUT2D eigenvalue weighted by molar-refractivity contribution is 5.80. The number of hydrogen-bond donors (Lipinski definition) is 0. The number of aromatic nitrogens is 2. The Balaban J connectivity index is 0.000000774. The van der Waals surface area contributed by atoms with Crippen LogP contribution < -0.4 is 0 Å². The fourth-order valence-electron chi connectivity index (χ4n) is 2.39. The normalized spacial score (nSPS) is 20.0. The van der Waals surface area contributed by atoms with Crippen molar-refractivity contribution in [1.29, 1.82) is 0 Å². The van der Waals surface area contributed by atoms with Crippen molar-refractivity contribution in [3.8, 4) is 0 Å². The van der Waals surface area contributed by atoms with Crippen LogP contribution in [0.5, 0.6) is 0 Å². The highest BCUT2D eigenvalue weighted by Crippen LogP contribution is 2.26. The molecule has 1 fully saturated rings. The van der Waals surface area contributed by atoms with Crippen LogP contribution in [0.3, 0.4) is 0 Å². The molecule has 114 valence electrons. The van der Waals surface area contributed by atoms with E-state index in [1.165, 1.54) is 5.06 Å². The van der Waals surface area contributed by atoms with Gasteiger partial charge in [0.2, 0.25) is 0 Å². The van der Waals surface area contributed by atoms with Gasteiger partial charge in [0.05, 0.1) is 30.6 Å². The number of urea groups is 1. The molecule has 0 spiro atoms. The molecule has 0 aromatic carbocycles. The number of aryl methyl sites for hydroxylation is 1. The lowest BCUT2D eigenvalue weighted by Crippen LogP contribution is -2.33. The third-order valence-corrected chi connectivity index (χ3v) is 3.25. The first-order valence-electron chi connectivity index (χ1n) is 7.24. The molecular weight excluding hydrogens is 268 g/mol. The van der Waals surface area contributed by atoms with Crippen molar-refractivity contribution in [2.45, 2.75) is 26.8 Å². The first-order chi connectivity index (χ1) is 10.2. The Hall–Kier alpha value is -2.08. The van der Waals surface area contributed by atoms with Crippen molar-refractivity contribution in [2.24, 2.45) is 0 Å². The van der Waals surface area contributed by atoms with E-state index in [4.69, 9.17) is 4.84 Å². The lowest BCUT2D eigenvalue weighted by Gasteiger charge is -2.21. The molecule has 1 aromatic rings. The third kappa shape index (κ3) is 3.00. The molecule has 0 aliphatic carbocycles. The van der Waals surface area contributed by atoms with Crippen molar-refractivity contribution in [3.63, 3.8) is 0 Å². The van der Waals surface area contributed by atoms with E-state index >= 15 is 0 Å². The standard InChI is InChI=1S/C13H16N4O2.C2H6/c1-3-6-19-17-12-7-11(8-15(9-12)13(17)18)16-5-4-10(2)14-16;1-2/h3-5,7,12H,1,6,8-9H2,2H3;1-2H3. The lowest BCUT2D eigenvalue weighted by molar-refractivity contribution is -0.107. The van der Waals surface area contributed by atoms with Gasteiger partial charge >= 0.3 is 6.03 Å². The van der Waals surface area contributed by atoms with Gasteiger partial charge in [0.15, 0.2) is 0 Å². The third-order valence-electron chi connectivity index (χ3n) is 3.25. The van der Waals surface area contributed by atoms with Gasteiger partial charge in [-0.05, 0) is 19.1 Å². The van der Waals surface area contributed by atoms with E-state index in [0.29, 0.717) is 19.7 Å². The Bertz CT molecular complexity index is 550. The lowest BCUT2D eigenvalue weighted by atomic mass is 10.2. The van der Waals surface area contributed by atoms with Crippen LogP contribution in [0, 0.1) is 6.92 Å². The zero-order chi connectivity index (χ0) is 15.4. The molecule has 21 heavy (non-hydrogen) atoms. The number of carbonyl (C=O) groups excluding carboxylic acids is 1. The first-order valence-corrected chi connectivity index (χ1v) is 7.24. The molecule has 0 saturated carbocycles. The highest BCUT2D eigenvalue weighted by atomic mass is 16.7. The number of hydrogen-bond acceptors (Lipinski definition) is 3. The van der Waals surface area contributed by atoms with Crippen LogP contribution in [0.15, 0.2) is 31.0 Å². The van der Waals surface area contributed by atoms with E-state index in [1.807, 2.05) is 43.8 Å². The average molecular weight is 290 g/mol. The number of carbonyl (C=O) groups is 1. The molecule has 6 heteroatoms. The van der Waals surface area contributed by atoms with Crippen molar-refractivity contribution >= 4 is 11.7 Å². The van der Waals surface area contributed by atoms with Gasteiger partial charge in [-0.1, -0.05) is 19.9 Å². The Labute approximate surface area is 125 Å². The molecule has 2 amide bonds. The van der Waals surface area contributed by atoms with E-state index in [9.17, 15) is 4.79 Å². The second kappa shape index (κ2) is 6.58. The Morgan fingerprint density at radius 3 is 2.90 bits per heavy atom. The summed E-state index contributed by atoms with van der Waals surface area (Å²) in [6.45, 7) is 11.1. The Kier molecular flexibility index (Phi) is 4.80. The van der Waals surface area contributed by atoms with Crippen LogP contribution >= 0.6 is 0 Å². The summed E-state index contributed by atoms with van der Waals surface area (Å²) < 4.78 is 1.82. The largest absolute Gasteiger partial charge is 0.345 e. The van der Waals surface area contributed by atoms with Crippen molar-refractivity contribution in [1.82, 2.24) is 19.7 Å². The topological polar surface area (TPSA) is 50.6 Å². The van der Waals surface area contributed by atoms with Crippen molar-refractivity contribution in [3.05, 3.63) is 36.7 Å². The van der Waals surface area contributed by atoms with E-state index in [1.54, 1.807) is 11.0 Å². The summed E-state index contributed by atoms with van der Waals surface area (Å²) in [6, 6.07) is 1.79. The van der Waals surface area contributed by atoms with Gasteiger partial charge in [-0.25, -0.2) is 9.48 Å². The van der Waals surface area contributed by atoms with E-state index in [-0.39, 0.29) is 12.1 Å². The Morgan fingerprint density at radius 2 is 2.29 bits per heavy atom. The smallest absolute Gasteiger partial charge is 0.314 e. The van der Waals surface area contributed by atoms with E-state index in [2.05, 4.69) is 11.7 Å². The van der Waals surface area contributed by atoms with Gasteiger partial charge < -0.3 is 4.90 Å². The molecule has 6 nitrogen and oxygen atoms in total. The van der Waals surface area contributed by atoms with Crippen LogP contribution in [-0.2, 0) is 4.84 Å². The first kappa shape index (κ1) is 15.3. The summed E-state index contributed by atoms with van der Waals surface area (Å²) in [4.78, 5) is 19.3. The minimum Gasteiger partial charge on any atom is -0.314 e. The SMILES string of the molecule is C=CCON1C(=O)N2CC(n3ccc(C)n3)=CC1C2.CC. The van der Waals surface area contributed by atoms with Gasteiger partial charge in [-0.15, -0.1) is 6.58 Å². The molecular formula is C15H22N4O2. The van der Waals surface area contributed by atoms with Crippen molar-refractivity contribution in [2.75, 3.05) is 19.7 Å². The van der Waals surface area contributed by atoms with Crippen LogP contribution in [0.25, 0.3) is 5.70 Å². The zero-order valence-electron chi connectivity index (χ0n) is 12.8. The number of amides is 2. The summed E-state index contributed by atoms with van der Waals surface area (Å²) in [6.07, 6.45) is 5.58. The molecule has 2 aliphatic heterocycles. The van der Waals surface area contributed by atoms with E-state index in [0.717, 1.165) is 11.4 Å². The molecule has 3 heterocycles. The second-order valence-electron chi connectivity index (χ2n) is 4.70. The molecule has 1 unspecified atom stereocenters. The highest BCUT2D eigenvalue weighted by Gasteiger charge is 2.41. The van der Waals surface area contributed by atoms with Gasteiger partial charge in [0, 0.05) is 12.7 Å². The molecule has 0 radical (unpaired) electrons. The minimum absolute atomic E-state index is 0.0549. The predicted molar refractivity (Wildman–Crippen MR) is 81.3 cm³/mol. The summed E-state index contributed by atoms with van der Waals surface area (Å²) >= 11 is 0. The number of rotatable bonds is 4. The monoisotopic (exact) mass is 290 g/mol. The maximum atomic E-state index is 12.1. The number of hydroxylamine groups is 2.